The highest BCUT2D eigenvalue weighted by molar-refractivity contribution is 5.36. The van der Waals surface area contributed by atoms with Crippen molar-refractivity contribution in [3.05, 3.63) is 35.4 Å². The zero-order valence-electron chi connectivity index (χ0n) is 8.25. The average molecular weight is 176 g/mol. The van der Waals surface area contributed by atoms with Gasteiger partial charge in [0.2, 0.25) is 0 Å². The number of hydrogen-bond acceptors (Lipinski definition) is 1. The van der Waals surface area contributed by atoms with Gasteiger partial charge in [-0.3, -0.25) is 0 Å². The summed E-state index contributed by atoms with van der Waals surface area (Å²) in [4.78, 5) is 0. The molecule has 0 saturated carbocycles. The van der Waals surface area contributed by atoms with Gasteiger partial charge in [0.05, 0.1) is 6.10 Å². The van der Waals surface area contributed by atoms with E-state index in [1.54, 1.807) is 0 Å². The van der Waals surface area contributed by atoms with Gasteiger partial charge in [0, 0.05) is 5.41 Å². The molecule has 13 heavy (non-hydrogen) atoms. The number of aliphatic hydroxyl groups is 1. The lowest BCUT2D eigenvalue weighted by atomic mass is 9.71. The first-order valence-electron chi connectivity index (χ1n) is 4.89. The number of benzene rings is 1. The highest BCUT2D eigenvalue weighted by Crippen LogP contribution is 2.36. The van der Waals surface area contributed by atoms with E-state index in [1.807, 2.05) is 0 Å². The minimum absolute atomic E-state index is 0.0746. The summed E-state index contributed by atoms with van der Waals surface area (Å²) >= 11 is 0. The van der Waals surface area contributed by atoms with E-state index in [9.17, 15) is 5.11 Å². The number of hydrogen-bond donors (Lipinski definition) is 1. The van der Waals surface area contributed by atoms with Crippen molar-refractivity contribution >= 4 is 0 Å². The SMILES string of the molecule is CC1(C)c2ccccc2CCC1O. The van der Waals surface area contributed by atoms with Gasteiger partial charge in [-0.2, -0.15) is 0 Å². The summed E-state index contributed by atoms with van der Waals surface area (Å²) in [6, 6.07) is 8.44. The van der Waals surface area contributed by atoms with Gasteiger partial charge < -0.3 is 5.11 Å². The molecule has 1 N–H and O–H groups in total. The summed E-state index contributed by atoms with van der Waals surface area (Å²) in [5.74, 6) is 0. The van der Waals surface area contributed by atoms with Crippen LogP contribution in [0.2, 0.25) is 0 Å². The van der Waals surface area contributed by atoms with Crippen molar-refractivity contribution < 1.29 is 5.11 Å². The minimum Gasteiger partial charge on any atom is -0.392 e. The first-order chi connectivity index (χ1) is 6.12. The molecule has 1 atom stereocenters. The molecule has 0 saturated heterocycles. The normalized spacial score (nSPS) is 25.3. The Balaban J connectivity index is 2.52. The first kappa shape index (κ1) is 8.76. The zero-order chi connectivity index (χ0) is 9.47. The van der Waals surface area contributed by atoms with Crippen LogP contribution >= 0.6 is 0 Å². The zero-order valence-corrected chi connectivity index (χ0v) is 8.25. The largest absolute Gasteiger partial charge is 0.392 e. The Bertz CT molecular complexity index is 315. The van der Waals surface area contributed by atoms with Crippen LogP contribution in [0.1, 0.15) is 31.4 Å². The molecule has 2 rings (SSSR count). The molecule has 0 spiro atoms. The Morgan fingerprint density at radius 3 is 2.77 bits per heavy atom. The molecule has 70 valence electrons. The van der Waals surface area contributed by atoms with Crippen molar-refractivity contribution in [1.82, 2.24) is 0 Å². The number of aryl methyl sites for hydroxylation is 1. The summed E-state index contributed by atoms with van der Waals surface area (Å²) < 4.78 is 0. The van der Waals surface area contributed by atoms with E-state index in [2.05, 4.69) is 38.1 Å². The van der Waals surface area contributed by atoms with Crippen molar-refractivity contribution in [2.45, 2.75) is 38.2 Å². The molecule has 1 heteroatoms. The van der Waals surface area contributed by atoms with Gasteiger partial charge >= 0.3 is 0 Å². The molecular formula is C12H16O. The van der Waals surface area contributed by atoms with Gasteiger partial charge in [-0.25, -0.2) is 0 Å². The van der Waals surface area contributed by atoms with Crippen molar-refractivity contribution in [1.29, 1.82) is 0 Å². The third-order valence-electron chi connectivity index (χ3n) is 3.23. The van der Waals surface area contributed by atoms with Crippen LogP contribution in [0.15, 0.2) is 24.3 Å². The smallest absolute Gasteiger partial charge is 0.0634 e. The van der Waals surface area contributed by atoms with E-state index in [-0.39, 0.29) is 11.5 Å². The maximum absolute atomic E-state index is 9.88. The fraction of sp³-hybridized carbons (Fsp3) is 0.500. The van der Waals surface area contributed by atoms with Gasteiger partial charge in [0.25, 0.3) is 0 Å². The topological polar surface area (TPSA) is 20.2 Å². The molecule has 1 aliphatic carbocycles. The second-order valence-electron chi connectivity index (χ2n) is 4.43. The quantitative estimate of drug-likeness (QED) is 0.643. The third kappa shape index (κ3) is 1.28. The van der Waals surface area contributed by atoms with E-state index >= 15 is 0 Å². The minimum atomic E-state index is -0.192. The van der Waals surface area contributed by atoms with Gasteiger partial charge in [-0.05, 0) is 24.0 Å². The van der Waals surface area contributed by atoms with Crippen molar-refractivity contribution in [3.8, 4) is 0 Å². The fourth-order valence-corrected chi connectivity index (χ4v) is 2.20. The van der Waals surface area contributed by atoms with Crippen LogP contribution in [-0.2, 0) is 11.8 Å². The summed E-state index contributed by atoms with van der Waals surface area (Å²) in [6.07, 6.45) is 1.72. The van der Waals surface area contributed by atoms with E-state index in [4.69, 9.17) is 0 Å². The van der Waals surface area contributed by atoms with Crippen LogP contribution in [0.5, 0.6) is 0 Å². The summed E-state index contributed by atoms with van der Waals surface area (Å²) in [5.41, 5.74) is 2.64. The lowest BCUT2D eigenvalue weighted by Gasteiger charge is -2.37. The predicted molar refractivity (Wildman–Crippen MR) is 53.8 cm³/mol. The molecule has 0 radical (unpaired) electrons. The molecule has 1 unspecified atom stereocenters. The lowest BCUT2D eigenvalue weighted by Crippen LogP contribution is -2.38. The predicted octanol–water partition coefficient (Wildman–Crippen LogP) is 2.27. The highest BCUT2D eigenvalue weighted by Gasteiger charge is 2.34. The van der Waals surface area contributed by atoms with Crippen molar-refractivity contribution in [2.75, 3.05) is 0 Å². The van der Waals surface area contributed by atoms with Crippen LogP contribution < -0.4 is 0 Å². The molecule has 0 amide bonds. The van der Waals surface area contributed by atoms with Crippen LogP contribution in [0, 0.1) is 0 Å². The molecular weight excluding hydrogens is 160 g/mol. The fourth-order valence-electron chi connectivity index (χ4n) is 2.20. The molecule has 1 nitrogen and oxygen atoms in total. The third-order valence-corrected chi connectivity index (χ3v) is 3.23. The Morgan fingerprint density at radius 2 is 2.00 bits per heavy atom. The molecule has 1 aliphatic rings. The molecule has 0 aliphatic heterocycles. The van der Waals surface area contributed by atoms with Gasteiger partial charge in [0.1, 0.15) is 0 Å². The second kappa shape index (κ2) is 2.85. The maximum Gasteiger partial charge on any atom is 0.0634 e. The summed E-state index contributed by atoms with van der Waals surface area (Å²) in [5, 5.41) is 9.88. The molecule has 0 heterocycles. The number of rotatable bonds is 0. The molecule has 0 aromatic heterocycles. The molecule has 0 bridgehead atoms. The van der Waals surface area contributed by atoms with E-state index < -0.39 is 0 Å². The Labute approximate surface area is 79.4 Å². The van der Waals surface area contributed by atoms with Crippen molar-refractivity contribution in [2.24, 2.45) is 0 Å². The Kier molecular flexibility index (Phi) is 1.92. The first-order valence-corrected chi connectivity index (χ1v) is 4.89. The number of aliphatic hydroxyl groups excluding tert-OH is 1. The van der Waals surface area contributed by atoms with Crippen molar-refractivity contribution in [3.63, 3.8) is 0 Å². The van der Waals surface area contributed by atoms with E-state index in [1.165, 1.54) is 11.1 Å². The van der Waals surface area contributed by atoms with Crippen LogP contribution in [-0.4, -0.2) is 11.2 Å². The molecule has 1 aromatic carbocycles. The lowest BCUT2D eigenvalue weighted by molar-refractivity contribution is 0.0831. The molecule has 0 fully saturated rings. The maximum atomic E-state index is 9.88. The van der Waals surface area contributed by atoms with Gasteiger partial charge in [0.15, 0.2) is 0 Å². The summed E-state index contributed by atoms with van der Waals surface area (Å²) in [7, 11) is 0. The Hall–Kier alpha value is -0.820. The van der Waals surface area contributed by atoms with E-state index in [0.717, 1.165) is 12.8 Å². The monoisotopic (exact) mass is 176 g/mol. The van der Waals surface area contributed by atoms with Gasteiger partial charge in [-0.1, -0.05) is 38.1 Å². The highest BCUT2D eigenvalue weighted by atomic mass is 16.3. The second-order valence-corrected chi connectivity index (χ2v) is 4.43. The van der Waals surface area contributed by atoms with Crippen LogP contribution in [0.4, 0.5) is 0 Å². The number of fused-ring (bicyclic) bond motifs is 1. The van der Waals surface area contributed by atoms with Crippen LogP contribution in [0.3, 0.4) is 0 Å². The average Bonchev–Trinajstić information content (AvgIpc) is 2.13. The Morgan fingerprint density at radius 1 is 1.31 bits per heavy atom. The van der Waals surface area contributed by atoms with E-state index in [0.29, 0.717) is 0 Å². The van der Waals surface area contributed by atoms with Gasteiger partial charge in [-0.15, -0.1) is 0 Å². The summed E-state index contributed by atoms with van der Waals surface area (Å²) in [6.45, 7) is 4.24. The van der Waals surface area contributed by atoms with Crippen LogP contribution in [0.25, 0.3) is 0 Å². The molecule has 1 aromatic rings. The standard InChI is InChI=1S/C12H16O/c1-12(2)10-6-4-3-5-9(10)7-8-11(12)13/h3-6,11,13H,7-8H2,1-2H3.